The molecule has 60 valence electrons. The molecule has 0 aromatic heterocycles. The fourth-order valence-electron chi connectivity index (χ4n) is 1.50. The van der Waals surface area contributed by atoms with Crippen LogP contribution in [0.1, 0.15) is 12.8 Å². The van der Waals surface area contributed by atoms with Crippen molar-refractivity contribution >= 4 is 11.6 Å². The first-order valence-electron chi connectivity index (χ1n) is 3.79. The van der Waals surface area contributed by atoms with Gasteiger partial charge in [0.25, 0.3) is 0 Å². The monoisotopic (exact) mass is 163 g/mol. The van der Waals surface area contributed by atoms with Crippen LogP contribution in [0.5, 0.6) is 0 Å². The summed E-state index contributed by atoms with van der Waals surface area (Å²) in [6, 6.07) is 0.388. The van der Waals surface area contributed by atoms with Crippen molar-refractivity contribution in [1.82, 2.24) is 4.90 Å². The fourth-order valence-corrected chi connectivity index (χ4v) is 1.72. The number of aliphatic hydroxyl groups is 1. The van der Waals surface area contributed by atoms with Gasteiger partial charge in [0.1, 0.15) is 0 Å². The van der Waals surface area contributed by atoms with Gasteiger partial charge < -0.3 is 5.11 Å². The molecule has 0 unspecified atom stereocenters. The highest BCUT2D eigenvalue weighted by Crippen LogP contribution is 2.15. The van der Waals surface area contributed by atoms with E-state index in [0.717, 1.165) is 19.5 Å². The normalized spacial score (nSPS) is 27.6. The summed E-state index contributed by atoms with van der Waals surface area (Å²) >= 11 is 5.58. The predicted molar refractivity (Wildman–Crippen MR) is 42.4 cm³/mol. The van der Waals surface area contributed by atoms with Crippen molar-refractivity contribution in [2.24, 2.45) is 0 Å². The summed E-state index contributed by atoms with van der Waals surface area (Å²) in [5.41, 5.74) is 0. The van der Waals surface area contributed by atoms with E-state index in [1.807, 2.05) is 0 Å². The zero-order chi connectivity index (χ0) is 7.40. The SMILES string of the molecule is OC[C@@H]1CCCN1CCCl. The summed E-state index contributed by atoms with van der Waals surface area (Å²) in [6.45, 7) is 2.32. The third-order valence-electron chi connectivity index (χ3n) is 2.08. The van der Waals surface area contributed by atoms with Crippen molar-refractivity contribution in [3.05, 3.63) is 0 Å². The van der Waals surface area contributed by atoms with Crippen LogP contribution in [-0.2, 0) is 0 Å². The predicted octanol–water partition coefficient (Wildman–Crippen LogP) is 0.682. The van der Waals surface area contributed by atoms with Gasteiger partial charge in [-0.1, -0.05) is 0 Å². The van der Waals surface area contributed by atoms with Crippen molar-refractivity contribution < 1.29 is 5.11 Å². The van der Waals surface area contributed by atoms with Gasteiger partial charge in [-0.2, -0.15) is 0 Å². The fraction of sp³-hybridized carbons (Fsp3) is 1.00. The van der Waals surface area contributed by atoms with Gasteiger partial charge in [0.05, 0.1) is 6.61 Å². The minimum Gasteiger partial charge on any atom is -0.395 e. The molecular weight excluding hydrogens is 150 g/mol. The average molecular weight is 164 g/mol. The number of alkyl halides is 1. The van der Waals surface area contributed by atoms with Gasteiger partial charge in [0.15, 0.2) is 0 Å². The molecule has 1 N–H and O–H groups in total. The molecule has 2 nitrogen and oxygen atoms in total. The number of aliphatic hydroxyl groups excluding tert-OH is 1. The zero-order valence-electron chi connectivity index (χ0n) is 6.09. The van der Waals surface area contributed by atoms with Gasteiger partial charge in [-0.05, 0) is 19.4 Å². The molecule has 1 fully saturated rings. The third kappa shape index (κ3) is 1.84. The Morgan fingerprint density at radius 1 is 1.60 bits per heavy atom. The molecule has 1 rings (SSSR count). The van der Waals surface area contributed by atoms with E-state index in [0.29, 0.717) is 11.9 Å². The molecule has 1 heterocycles. The van der Waals surface area contributed by atoms with Crippen molar-refractivity contribution in [3.63, 3.8) is 0 Å². The van der Waals surface area contributed by atoms with E-state index in [9.17, 15) is 0 Å². The Kier molecular flexibility index (Phi) is 3.46. The number of hydrogen-bond donors (Lipinski definition) is 1. The Morgan fingerprint density at radius 3 is 3.00 bits per heavy atom. The molecule has 10 heavy (non-hydrogen) atoms. The third-order valence-corrected chi connectivity index (χ3v) is 2.25. The van der Waals surface area contributed by atoms with Crippen molar-refractivity contribution in [1.29, 1.82) is 0 Å². The quantitative estimate of drug-likeness (QED) is 0.619. The van der Waals surface area contributed by atoms with E-state index in [-0.39, 0.29) is 6.61 Å². The van der Waals surface area contributed by atoms with Gasteiger partial charge in [0, 0.05) is 18.5 Å². The van der Waals surface area contributed by atoms with Crippen molar-refractivity contribution in [2.75, 3.05) is 25.6 Å². The Bertz CT molecular complexity index is 99.6. The van der Waals surface area contributed by atoms with Gasteiger partial charge >= 0.3 is 0 Å². The van der Waals surface area contributed by atoms with Crippen LogP contribution in [0.2, 0.25) is 0 Å². The van der Waals surface area contributed by atoms with E-state index in [4.69, 9.17) is 16.7 Å². The molecule has 3 heteroatoms. The van der Waals surface area contributed by atoms with E-state index in [1.54, 1.807) is 0 Å². The van der Waals surface area contributed by atoms with Crippen LogP contribution in [0.3, 0.4) is 0 Å². The Hall–Kier alpha value is 0.210. The first-order chi connectivity index (χ1) is 4.88. The molecular formula is C7H14ClNO. The second-order valence-corrected chi connectivity index (χ2v) is 3.08. The Balaban J connectivity index is 2.27. The first-order valence-corrected chi connectivity index (χ1v) is 4.33. The highest BCUT2D eigenvalue weighted by molar-refractivity contribution is 6.18. The molecule has 1 saturated heterocycles. The Morgan fingerprint density at radius 2 is 2.40 bits per heavy atom. The van der Waals surface area contributed by atoms with E-state index >= 15 is 0 Å². The van der Waals surface area contributed by atoms with Crippen LogP contribution >= 0.6 is 11.6 Å². The maximum absolute atomic E-state index is 8.88. The number of halogens is 1. The number of rotatable bonds is 3. The zero-order valence-corrected chi connectivity index (χ0v) is 6.85. The van der Waals surface area contributed by atoms with Gasteiger partial charge in [0.2, 0.25) is 0 Å². The lowest BCUT2D eigenvalue weighted by molar-refractivity contribution is 0.165. The largest absolute Gasteiger partial charge is 0.395 e. The molecule has 0 aromatic carbocycles. The van der Waals surface area contributed by atoms with E-state index < -0.39 is 0 Å². The highest BCUT2D eigenvalue weighted by Gasteiger charge is 2.22. The molecule has 0 amide bonds. The molecule has 1 atom stereocenters. The first kappa shape index (κ1) is 8.31. The molecule has 0 aromatic rings. The van der Waals surface area contributed by atoms with E-state index in [1.165, 1.54) is 6.42 Å². The van der Waals surface area contributed by atoms with Crippen LogP contribution in [0.15, 0.2) is 0 Å². The lowest BCUT2D eigenvalue weighted by Gasteiger charge is -2.20. The van der Waals surface area contributed by atoms with Crippen LogP contribution in [-0.4, -0.2) is 41.6 Å². The standard InChI is InChI=1S/C7H14ClNO/c8-3-5-9-4-1-2-7(9)6-10/h7,10H,1-6H2/t7-/m0/s1. The highest BCUT2D eigenvalue weighted by atomic mass is 35.5. The summed E-state index contributed by atoms with van der Waals surface area (Å²) in [7, 11) is 0. The summed E-state index contributed by atoms with van der Waals surface area (Å²) in [6.07, 6.45) is 2.34. The van der Waals surface area contributed by atoms with Crippen LogP contribution in [0.25, 0.3) is 0 Å². The van der Waals surface area contributed by atoms with Gasteiger partial charge in [-0.25, -0.2) is 0 Å². The molecule has 0 radical (unpaired) electrons. The second kappa shape index (κ2) is 4.16. The van der Waals surface area contributed by atoms with Crippen LogP contribution in [0, 0.1) is 0 Å². The summed E-state index contributed by atoms with van der Waals surface area (Å²) < 4.78 is 0. The smallest absolute Gasteiger partial charge is 0.0586 e. The maximum atomic E-state index is 8.88. The molecule has 0 bridgehead atoms. The number of nitrogens with zero attached hydrogens (tertiary/aromatic N) is 1. The second-order valence-electron chi connectivity index (χ2n) is 2.70. The summed E-state index contributed by atoms with van der Waals surface area (Å²) in [5.74, 6) is 0.677. The van der Waals surface area contributed by atoms with Gasteiger partial charge in [-0.15, -0.1) is 11.6 Å². The minimum atomic E-state index is 0.289. The molecule has 0 saturated carbocycles. The average Bonchev–Trinajstić information content (AvgIpc) is 2.36. The summed E-state index contributed by atoms with van der Waals surface area (Å²) in [4.78, 5) is 2.26. The number of hydrogen-bond acceptors (Lipinski definition) is 2. The lowest BCUT2D eigenvalue weighted by atomic mass is 10.2. The molecule has 0 aliphatic carbocycles. The maximum Gasteiger partial charge on any atom is 0.0586 e. The van der Waals surface area contributed by atoms with Crippen molar-refractivity contribution in [2.45, 2.75) is 18.9 Å². The van der Waals surface area contributed by atoms with Crippen LogP contribution in [0.4, 0.5) is 0 Å². The Labute approximate surface area is 66.8 Å². The summed E-state index contributed by atoms with van der Waals surface area (Å²) in [5, 5.41) is 8.88. The molecule has 1 aliphatic heterocycles. The molecule has 1 aliphatic rings. The van der Waals surface area contributed by atoms with Crippen LogP contribution < -0.4 is 0 Å². The van der Waals surface area contributed by atoms with Gasteiger partial charge in [-0.3, -0.25) is 4.90 Å². The number of likely N-dealkylation sites (tertiary alicyclic amines) is 1. The minimum absolute atomic E-state index is 0.289. The topological polar surface area (TPSA) is 23.5 Å². The molecule has 0 spiro atoms. The van der Waals surface area contributed by atoms with E-state index in [2.05, 4.69) is 4.90 Å². The van der Waals surface area contributed by atoms with Crippen molar-refractivity contribution in [3.8, 4) is 0 Å². The lowest BCUT2D eigenvalue weighted by Crippen LogP contribution is -2.33.